The van der Waals surface area contributed by atoms with Crippen LogP contribution in [0.2, 0.25) is 0 Å². The fourth-order valence-electron chi connectivity index (χ4n) is 1.63. The number of hydrogen-bond acceptors (Lipinski definition) is 4. The van der Waals surface area contributed by atoms with Crippen LogP contribution >= 0.6 is 0 Å². The van der Waals surface area contributed by atoms with Gasteiger partial charge in [0.25, 0.3) is 0 Å². The van der Waals surface area contributed by atoms with Gasteiger partial charge in [-0.1, -0.05) is 6.92 Å². The summed E-state index contributed by atoms with van der Waals surface area (Å²) in [6, 6.07) is 3.86. The molecule has 17 heavy (non-hydrogen) atoms. The Hall–Kier alpha value is -0.810. The molecule has 1 heterocycles. The summed E-state index contributed by atoms with van der Waals surface area (Å²) < 4.78 is 28.4. The minimum atomic E-state index is -2.90. The van der Waals surface area contributed by atoms with Crippen LogP contribution in [0.3, 0.4) is 0 Å². The fraction of sp³-hybridized carbons (Fsp3) is 0.667. The third-order valence-electron chi connectivity index (χ3n) is 2.57. The molecule has 1 aromatic rings. The smallest absolute Gasteiger partial charge is 0.151 e. The van der Waals surface area contributed by atoms with Gasteiger partial charge in [-0.05, 0) is 32.4 Å². The van der Waals surface area contributed by atoms with Gasteiger partial charge in [0.1, 0.15) is 11.5 Å². The van der Waals surface area contributed by atoms with Gasteiger partial charge in [-0.15, -0.1) is 0 Å². The zero-order chi connectivity index (χ0) is 12.9. The molecule has 1 aromatic heterocycles. The van der Waals surface area contributed by atoms with Gasteiger partial charge in [0, 0.05) is 12.3 Å². The van der Waals surface area contributed by atoms with Crippen molar-refractivity contribution in [3.63, 3.8) is 0 Å². The fourth-order valence-corrected chi connectivity index (χ4v) is 2.89. The van der Waals surface area contributed by atoms with Crippen molar-refractivity contribution in [2.75, 3.05) is 18.1 Å². The van der Waals surface area contributed by atoms with Gasteiger partial charge < -0.3 is 9.73 Å². The monoisotopic (exact) mass is 259 g/mol. The summed E-state index contributed by atoms with van der Waals surface area (Å²) in [5.74, 6) is 2.16. The first-order valence-electron chi connectivity index (χ1n) is 5.94. The van der Waals surface area contributed by atoms with Crippen molar-refractivity contribution in [3.8, 4) is 0 Å². The van der Waals surface area contributed by atoms with E-state index < -0.39 is 9.84 Å². The summed E-state index contributed by atoms with van der Waals surface area (Å²) in [5.41, 5.74) is 0. The van der Waals surface area contributed by atoms with Crippen molar-refractivity contribution < 1.29 is 12.8 Å². The molecule has 0 saturated heterocycles. The van der Waals surface area contributed by atoms with Gasteiger partial charge in [0.2, 0.25) is 0 Å². The molecule has 0 aromatic carbocycles. The first-order valence-corrected chi connectivity index (χ1v) is 7.77. The Morgan fingerprint density at radius 1 is 1.35 bits per heavy atom. The summed E-state index contributed by atoms with van der Waals surface area (Å²) in [6.45, 7) is 6.19. The molecule has 1 unspecified atom stereocenters. The van der Waals surface area contributed by atoms with Crippen LogP contribution in [0.4, 0.5) is 0 Å². The van der Waals surface area contributed by atoms with E-state index in [-0.39, 0.29) is 17.5 Å². The van der Waals surface area contributed by atoms with E-state index in [9.17, 15) is 8.42 Å². The van der Waals surface area contributed by atoms with Crippen molar-refractivity contribution in [1.29, 1.82) is 0 Å². The van der Waals surface area contributed by atoms with Gasteiger partial charge >= 0.3 is 0 Å². The van der Waals surface area contributed by atoms with E-state index in [1.165, 1.54) is 0 Å². The Labute approximate surface area is 103 Å². The van der Waals surface area contributed by atoms with Gasteiger partial charge in [-0.25, -0.2) is 8.42 Å². The first kappa shape index (κ1) is 14.3. The summed E-state index contributed by atoms with van der Waals surface area (Å²) in [4.78, 5) is 0. The second kappa shape index (κ2) is 6.21. The highest BCUT2D eigenvalue weighted by Gasteiger charge is 2.12. The van der Waals surface area contributed by atoms with Crippen LogP contribution in [0.25, 0.3) is 0 Å². The normalized spacial score (nSPS) is 13.8. The van der Waals surface area contributed by atoms with Gasteiger partial charge in [-0.2, -0.15) is 0 Å². The van der Waals surface area contributed by atoms with Crippen LogP contribution in [0.1, 0.15) is 37.8 Å². The molecule has 0 spiro atoms. The maximum absolute atomic E-state index is 11.5. The number of rotatable bonds is 7. The van der Waals surface area contributed by atoms with Crippen molar-refractivity contribution >= 4 is 9.84 Å². The molecule has 1 rings (SSSR count). The lowest BCUT2D eigenvalue weighted by molar-refractivity contribution is 0.421. The maximum atomic E-state index is 11.5. The minimum absolute atomic E-state index is 0.0422. The summed E-state index contributed by atoms with van der Waals surface area (Å²) in [6.07, 6.45) is 0.676. The van der Waals surface area contributed by atoms with Gasteiger partial charge in [0.15, 0.2) is 9.84 Å². The molecule has 1 atom stereocenters. The van der Waals surface area contributed by atoms with E-state index in [1.807, 2.05) is 32.9 Å². The topological polar surface area (TPSA) is 59.3 Å². The summed E-state index contributed by atoms with van der Waals surface area (Å²) in [5, 5.41) is 3.15. The molecule has 0 radical (unpaired) electrons. The average Bonchev–Trinajstić information content (AvgIpc) is 2.64. The molecule has 1 N–H and O–H groups in total. The predicted molar refractivity (Wildman–Crippen MR) is 68.8 cm³/mol. The van der Waals surface area contributed by atoms with Crippen molar-refractivity contribution in [2.45, 2.75) is 33.2 Å². The number of aryl methyl sites for hydroxylation is 1. The van der Waals surface area contributed by atoms with E-state index in [0.29, 0.717) is 13.0 Å². The Morgan fingerprint density at radius 3 is 2.59 bits per heavy atom. The zero-order valence-corrected chi connectivity index (χ0v) is 11.5. The molecule has 4 nitrogen and oxygen atoms in total. The van der Waals surface area contributed by atoms with Crippen LogP contribution in [0.5, 0.6) is 0 Å². The molecule has 0 fully saturated rings. The minimum Gasteiger partial charge on any atom is -0.465 e. The number of nitrogens with one attached hydrogen (secondary N) is 1. The lowest BCUT2D eigenvalue weighted by Gasteiger charge is -2.11. The first-order chi connectivity index (χ1) is 7.94. The second-order valence-corrected chi connectivity index (χ2v) is 6.58. The van der Waals surface area contributed by atoms with Crippen LogP contribution in [-0.2, 0) is 9.84 Å². The number of sulfone groups is 1. The molecule has 0 aliphatic heterocycles. The Balaban J connectivity index is 2.37. The molecular formula is C12H21NO3S. The number of furan rings is 1. The zero-order valence-electron chi connectivity index (χ0n) is 10.7. The predicted octanol–water partition coefficient (Wildman–Crippen LogP) is 2.06. The van der Waals surface area contributed by atoms with E-state index in [0.717, 1.165) is 11.5 Å². The van der Waals surface area contributed by atoms with Crippen LogP contribution in [0.15, 0.2) is 16.5 Å². The highest BCUT2D eigenvalue weighted by molar-refractivity contribution is 7.91. The van der Waals surface area contributed by atoms with Crippen LogP contribution in [-0.4, -0.2) is 26.5 Å². The highest BCUT2D eigenvalue weighted by atomic mass is 32.2. The maximum Gasteiger partial charge on any atom is 0.151 e. The third-order valence-corrected chi connectivity index (χ3v) is 4.42. The van der Waals surface area contributed by atoms with Crippen molar-refractivity contribution in [3.05, 3.63) is 23.7 Å². The number of hydrogen-bond donors (Lipinski definition) is 1. The van der Waals surface area contributed by atoms with Gasteiger partial charge in [0.05, 0.1) is 11.8 Å². The summed E-state index contributed by atoms with van der Waals surface area (Å²) in [7, 11) is -2.90. The molecule has 0 aliphatic rings. The molecule has 0 bridgehead atoms. The molecule has 0 aliphatic carbocycles. The van der Waals surface area contributed by atoms with Gasteiger partial charge in [-0.3, -0.25) is 0 Å². The summed E-state index contributed by atoms with van der Waals surface area (Å²) >= 11 is 0. The molecule has 0 saturated carbocycles. The third kappa shape index (κ3) is 4.91. The highest BCUT2D eigenvalue weighted by Crippen LogP contribution is 2.15. The molecule has 0 amide bonds. The Bertz CT molecular complexity index is 436. The lowest BCUT2D eigenvalue weighted by Crippen LogP contribution is -2.26. The second-order valence-electron chi connectivity index (χ2n) is 4.28. The molecule has 98 valence electrons. The van der Waals surface area contributed by atoms with Crippen molar-refractivity contribution in [1.82, 2.24) is 5.32 Å². The van der Waals surface area contributed by atoms with Crippen LogP contribution < -0.4 is 5.32 Å². The molecule has 5 heteroatoms. The quantitative estimate of drug-likeness (QED) is 0.814. The van der Waals surface area contributed by atoms with E-state index >= 15 is 0 Å². The Kier molecular flexibility index (Phi) is 5.21. The van der Waals surface area contributed by atoms with Crippen LogP contribution in [0, 0.1) is 6.92 Å². The Morgan fingerprint density at radius 2 is 2.06 bits per heavy atom. The van der Waals surface area contributed by atoms with E-state index in [2.05, 4.69) is 5.32 Å². The largest absolute Gasteiger partial charge is 0.465 e. The lowest BCUT2D eigenvalue weighted by atomic mass is 10.2. The van der Waals surface area contributed by atoms with E-state index in [4.69, 9.17) is 4.42 Å². The van der Waals surface area contributed by atoms with Crippen molar-refractivity contribution in [2.24, 2.45) is 0 Å². The molecular weight excluding hydrogens is 238 g/mol. The average molecular weight is 259 g/mol. The SMILES string of the molecule is CCCS(=O)(=O)CCNC(C)c1ccc(C)o1. The van der Waals surface area contributed by atoms with E-state index in [1.54, 1.807) is 0 Å². The standard InChI is InChI=1S/C12H21NO3S/c1-4-8-17(14,15)9-7-13-11(3)12-6-5-10(2)16-12/h5-6,11,13H,4,7-9H2,1-3H3.